The molecule has 6 heteroatoms. The summed E-state index contributed by atoms with van der Waals surface area (Å²) in [6.45, 7) is 4.61. The van der Waals surface area contributed by atoms with Gasteiger partial charge in [-0.3, -0.25) is 9.78 Å². The molecule has 2 aromatic rings. The van der Waals surface area contributed by atoms with Gasteiger partial charge in [-0.05, 0) is 43.9 Å². The third-order valence-electron chi connectivity index (χ3n) is 4.28. The number of nitrogens with two attached hydrogens (primary N) is 1. The van der Waals surface area contributed by atoms with Crippen LogP contribution in [0.15, 0.2) is 36.5 Å². The third-order valence-corrected chi connectivity index (χ3v) is 4.28. The number of primary amides is 1. The molecule has 1 aliphatic rings. The lowest BCUT2D eigenvalue weighted by Gasteiger charge is -2.32. The lowest BCUT2D eigenvalue weighted by Crippen LogP contribution is -2.36. The summed E-state index contributed by atoms with van der Waals surface area (Å²) in [6, 6.07) is 9.46. The van der Waals surface area contributed by atoms with Crippen molar-refractivity contribution in [2.75, 3.05) is 24.6 Å². The monoisotopic (exact) mass is 326 g/mol. The molecule has 0 atom stereocenters. The number of hydrogen-bond donors (Lipinski definition) is 1. The maximum atomic E-state index is 11.1. The van der Waals surface area contributed by atoms with E-state index in [2.05, 4.69) is 20.9 Å². The molecule has 2 N–H and O–H groups in total. The molecule has 1 fully saturated rings. The van der Waals surface area contributed by atoms with Gasteiger partial charge in [-0.15, -0.1) is 0 Å². The Morgan fingerprint density at radius 1 is 1.33 bits per heavy atom. The Morgan fingerprint density at radius 3 is 2.83 bits per heavy atom. The van der Waals surface area contributed by atoms with Crippen LogP contribution in [-0.4, -0.2) is 35.6 Å². The predicted octanol–water partition coefficient (Wildman–Crippen LogP) is 2.18. The van der Waals surface area contributed by atoms with Gasteiger partial charge in [-0.2, -0.15) is 0 Å². The number of piperidine rings is 1. The zero-order valence-corrected chi connectivity index (χ0v) is 13.8. The van der Waals surface area contributed by atoms with Crippen molar-refractivity contribution in [3.63, 3.8) is 0 Å². The van der Waals surface area contributed by atoms with Gasteiger partial charge in [0.25, 0.3) is 5.91 Å². The Balaban J connectivity index is 1.51. The number of nitrogens with zero attached hydrogens (tertiary/aromatic N) is 3. The molecule has 126 valence electrons. The molecule has 0 saturated carbocycles. The Kier molecular flexibility index (Phi) is 4.93. The van der Waals surface area contributed by atoms with Crippen LogP contribution in [0.3, 0.4) is 0 Å². The van der Waals surface area contributed by atoms with E-state index in [1.807, 2.05) is 19.1 Å². The minimum atomic E-state index is -0.542. The van der Waals surface area contributed by atoms with E-state index in [9.17, 15) is 4.79 Å². The summed E-state index contributed by atoms with van der Waals surface area (Å²) >= 11 is 0. The van der Waals surface area contributed by atoms with Crippen LogP contribution < -0.4 is 15.4 Å². The first-order chi connectivity index (χ1) is 11.6. The largest absolute Gasteiger partial charge is 0.493 e. The van der Waals surface area contributed by atoms with E-state index in [4.69, 9.17) is 10.5 Å². The van der Waals surface area contributed by atoms with Gasteiger partial charge < -0.3 is 15.4 Å². The molecule has 0 spiro atoms. The average Bonchev–Trinajstić information content (AvgIpc) is 2.61. The topological polar surface area (TPSA) is 81.3 Å². The van der Waals surface area contributed by atoms with E-state index in [0.29, 0.717) is 18.3 Å². The van der Waals surface area contributed by atoms with Crippen molar-refractivity contribution in [1.29, 1.82) is 0 Å². The molecule has 24 heavy (non-hydrogen) atoms. The van der Waals surface area contributed by atoms with Crippen LogP contribution in [0.4, 0.5) is 5.82 Å². The number of aryl methyl sites for hydroxylation is 1. The summed E-state index contributed by atoms with van der Waals surface area (Å²) in [4.78, 5) is 22.0. The Morgan fingerprint density at radius 2 is 2.12 bits per heavy atom. The summed E-state index contributed by atoms with van der Waals surface area (Å²) in [5.41, 5.74) is 6.51. The highest BCUT2D eigenvalue weighted by Crippen LogP contribution is 2.23. The summed E-state index contributed by atoms with van der Waals surface area (Å²) in [5.74, 6) is 1.65. The number of aromatic nitrogens is 2. The van der Waals surface area contributed by atoms with Crippen LogP contribution in [-0.2, 0) is 0 Å². The van der Waals surface area contributed by atoms with Crippen LogP contribution in [0.1, 0.15) is 29.0 Å². The van der Waals surface area contributed by atoms with Gasteiger partial charge in [-0.1, -0.05) is 6.07 Å². The van der Waals surface area contributed by atoms with Gasteiger partial charge in [-0.25, -0.2) is 4.98 Å². The Labute approximate surface area is 141 Å². The third kappa shape index (κ3) is 4.01. The first-order valence-electron chi connectivity index (χ1n) is 8.19. The second kappa shape index (κ2) is 7.29. The van der Waals surface area contributed by atoms with Crippen molar-refractivity contribution >= 4 is 11.7 Å². The number of rotatable bonds is 5. The minimum absolute atomic E-state index is 0.229. The minimum Gasteiger partial charge on any atom is -0.493 e. The zero-order valence-electron chi connectivity index (χ0n) is 13.8. The van der Waals surface area contributed by atoms with Crippen molar-refractivity contribution in [2.45, 2.75) is 19.8 Å². The first kappa shape index (κ1) is 16.2. The predicted molar refractivity (Wildman–Crippen MR) is 92.2 cm³/mol. The van der Waals surface area contributed by atoms with Gasteiger partial charge in [0.1, 0.15) is 17.3 Å². The Bertz CT molecular complexity index is 712. The van der Waals surface area contributed by atoms with E-state index in [-0.39, 0.29) is 5.69 Å². The quantitative estimate of drug-likeness (QED) is 0.911. The van der Waals surface area contributed by atoms with Crippen molar-refractivity contribution in [2.24, 2.45) is 11.7 Å². The second-order valence-corrected chi connectivity index (χ2v) is 6.12. The fraction of sp³-hybridized carbons (Fsp3) is 0.389. The molecular weight excluding hydrogens is 304 g/mol. The molecule has 0 radical (unpaired) electrons. The first-order valence-corrected chi connectivity index (χ1v) is 8.19. The normalized spacial score (nSPS) is 15.3. The van der Waals surface area contributed by atoms with E-state index in [0.717, 1.165) is 37.4 Å². The van der Waals surface area contributed by atoms with Gasteiger partial charge in [0.15, 0.2) is 0 Å². The van der Waals surface area contributed by atoms with Gasteiger partial charge in [0.2, 0.25) is 0 Å². The number of anilines is 1. The zero-order chi connectivity index (χ0) is 16.9. The molecule has 3 rings (SSSR count). The SMILES string of the molecule is Cc1cccc(N2CCC(COc3ccnc(C(N)=O)c3)CC2)n1. The van der Waals surface area contributed by atoms with Crippen LogP contribution in [0.5, 0.6) is 5.75 Å². The van der Waals surface area contributed by atoms with E-state index >= 15 is 0 Å². The van der Waals surface area contributed by atoms with Crippen molar-refractivity contribution < 1.29 is 9.53 Å². The van der Waals surface area contributed by atoms with Gasteiger partial charge >= 0.3 is 0 Å². The smallest absolute Gasteiger partial charge is 0.267 e. The van der Waals surface area contributed by atoms with E-state index < -0.39 is 5.91 Å². The highest BCUT2D eigenvalue weighted by molar-refractivity contribution is 5.91. The van der Waals surface area contributed by atoms with Crippen molar-refractivity contribution in [1.82, 2.24) is 9.97 Å². The van der Waals surface area contributed by atoms with Crippen molar-refractivity contribution in [3.8, 4) is 5.75 Å². The standard InChI is InChI=1S/C18H22N4O2/c1-13-3-2-4-17(21-13)22-9-6-14(7-10-22)12-24-15-5-8-20-16(11-15)18(19)23/h2-5,8,11,14H,6-7,9-10,12H2,1H3,(H2,19,23). The summed E-state index contributed by atoms with van der Waals surface area (Å²) in [6.07, 6.45) is 3.66. The molecule has 0 aromatic carbocycles. The number of ether oxygens (including phenoxy) is 1. The summed E-state index contributed by atoms with van der Waals surface area (Å²) in [5, 5.41) is 0. The number of amides is 1. The highest BCUT2D eigenvalue weighted by Gasteiger charge is 2.20. The molecule has 1 aliphatic heterocycles. The molecule has 1 amide bonds. The van der Waals surface area contributed by atoms with Crippen LogP contribution in [0, 0.1) is 12.8 Å². The van der Waals surface area contributed by atoms with E-state index in [1.54, 1.807) is 18.3 Å². The molecule has 6 nitrogen and oxygen atoms in total. The number of carbonyl (C=O) groups excluding carboxylic acids is 1. The van der Waals surface area contributed by atoms with Crippen LogP contribution >= 0.6 is 0 Å². The summed E-state index contributed by atoms with van der Waals surface area (Å²) in [7, 11) is 0. The molecule has 2 aromatic heterocycles. The maximum absolute atomic E-state index is 11.1. The highest BCUT2D eigenvalue weighted by atomic mass is 16.5. The maximum Gasteiger partial charge on any atom is 0.267 e. The van der Waals surface area contributed by atoms with Gasteiger partial charge in [0.05, 0.1) is 6.61 Å². The van der Waals surface area contributed by atoms with Crippen molar-refractivity contribution in [3.05, 3.63) is 47.9 Å². The second-order valence-electron chi connectivity index (χ2n) is 6.12. The lowest BCUT2D eigenvalue weighted by molar-refractivity contribution is 0.0995. The Hall–Kier alpha value is -2.63. The number of carbonyl (C=O) groups is 1. The molecule has 3 heterocycles. The lowest BCUT2D eigenvalue weighted by atomic mass is 9.98. The molecule has 0 aliphatic carbocycles. The average molecular weight is 326 g/mol. The van der Waals surface area contributed by atoms with E-state index in [1.165, 1.54) is 0 Å². The molecule has 0 bridgehead atoms. The molecule has 0 unspecified atom stereocenters. The van der Waals surface area contributed by atoms with Crippen LogP contribution in [0.25, 0.3) is 0 Å². The molecular formula is C18H22N4O2. The molecule has 1 saturated heterocycles. The summed E-state index contributed by atoms with van der Waals surface area (Å²) < 4.78 is 5.81. The fourth-order valence-electron chi connectivity index (χ4n) is 2.88. The fourth-order valence-corrected chi connectivity index (χ4v) is 2.88. The number of hydrogen-bond acceptors (Lipinski definition) is 5. The van der Waals surface area contributed by atoms with Gasteiger partial charge in [0, 0.05) is 31.0 Å². The van der Waals surface area contributed by atoms with Crippen LogP contribution in [0.2, 0.25) is 0 Å². The number of pyridine rings is 2.